The number of benzene rings is 1. The first-order valence-corrected chi connectivity index (χ1v) is 7.34. The standard InChI is InChI=1S/C17H29NO/c1-7-17(5,6)18-10-11-19-16-12-15(13(2)3)9-8-14(16)4/h8-9,12-13,18H,7,10-11H2,1-6H3. The van der Waals surface area contributed by atoms with Gasteiger partial charge in [0, 0.05) is 12.1 Å². The average molecular weight is 263 g/mol. The molecule has 1 aromatic rings. The zero-order valence-corrected chi connectivity index (χ0v) is 13.3. The van der Waals surface area contributed by atoms with Crippen molar-refractivity contribution in [3.8, 4) is 5.75 Å². The molecule has 108 valence electrons. The molecule has 0 radical (unpaired) electrons. The van der Waals surface area contributed by atoms with Crippen LogP contribution in [0.4, 0.5) is 0 Å². The molecule has 0 amide bonds. The van der Waals surface area contributed by atoms with Crippen LogP contribution in [0.1, 0.15) is 58.1 Å². The molecule has 0 aromatic heterocycles. The molecule has 19 heavy (non-hydrogen) atoms. The Kier molecular flexibility index (Phi) is 5.86. The topological polar surface area (TPSA) is 21.3 Å². The molecule has 0 fully saturated rings. The number of hydrogen-bond donors (Lipinski definition) is 1. The van der Waals surface area contributed by atoms with Crippen molar-refractivity contribution in [1.82, 2.24) is 5.32 Å². The quantitative estimate of drug-likeness (QED) is 0.742. The summed E-state index contributed by atoms with van der Waals surface area (Å²) < 4.78 is 5.91. The summed E-state index contributed by atoms with van der Waals surface area (Å²) >= 11 is 0. The van der Waals surface area contributed by atoms with E-state index in [0.29, 0.717) is 12.5 Å². The van der Waals surface area contributed by atoms with Crippen LogP contribution in [0.15, 0.2) is 18.2 Å². The molecule has 0 saturated carbocycles. The highest BCUT2D eigenvalue weighted by molar-refractivity contribution is 5.37. The van der Waals surface area contributed by atoms with Crippen molar-refractivity contribution >= 4 is 0 Å². The van der Waals surface area contributed by atoms with Crippen molar-refractivity contribution in [2.75, 3.05) is 13.2 Å². The lowest BCUT2D eigenvalue weighted by Crippen LogP contribution is -2.40. The van der Waals surface area contributed by atoms with Crippen LogP contribution in [0.25, 0.3) is 0 Å². The summed E-state index contributed by atoms with van der Waals surface area (Å²) in [6.07, 6.45) is 1.12. The fraction of sp³-hybridized carbons (Fsp3) is 0.647. The molecule has 1 aromatic carbocycles. The first-order chi connectivity index (χ1) is 8.85. The molecule has 1 N–H and O–H groups in total. The van der Waals surface area contributed by atoms with Gasteiger partial charge in [-0.1, -0.05) is 32.9 Å². The van der Waals surface area contributed by atoms with Gasteiger partial charge < -0.3 is 10.1 Å². The average Bonchev–Trinajstić information content (AvgIpc) is 2.36. The Balaban J connectivity index is 2.51. The van der Waals surface area contributed by atoms with E-state index in [2.05, 4.69) is 65.1 Å². The molecule has 0 saturated heterocycles. The third-order valence-corrected chi connectivity index (χ3v) is 3.73. The first kappa shape index (κ1) is 16.0. The number of ether oxygens (including phenoxy) is 1. The van der Waals surface area contributed by atoms with E-state index in [1.165, 1.54) is 11.1 Å². The highest BCUT2D eigenvalue weighted by Gasteiger charge is 2.13. The van der Waals surface area contributed by atoms with Gasteiger partial charge in [0.25, 0.3) is 0 Å². The Morgan fingerprint density at radius 1 is 1.26 bits per heavy atom. The van der Waals surface area contributed by atoms with E-state index < -0.39 is 0 Å². The largest absolute Gasteiger partial charge is 0.492 e. The molecular weight excluding hydrogens is 234 g/mol. The van der Waals surface area contributed by atoms with Crippen molar-refractivity contribution in [3.63, 3.8) is 0 Å². The van der Waals surface area contributed by atoms with Gasteiger partial charge >= 0.3 is 0 Å². The fourth-order valence-corrected chi connectivity index (χ4v) is 1.81. The van der Waals surface area contributed by atoms with Crippen molar-refractivity contribution in [2.24, 2.45) is 0 Å². The van der Waals surface area contributed by atoms with Gasteiger partial charge in [0.15, 0.2) is 0 Å². The lowest BCUT2D eigenvalue weighted by Gasteiger charge is -2.24. The molecule has 0 aliphatic heterocycles. The third-order valence-electron chi connectivity index (χ3n) is 3.73. The summed E-state index contributed by atoms with van der Waals surface area (Å²) in [5.41, 5.74) is 2.74. The van der Waals surface area contributed by atoms with E-state index in [-0.39, 0.29) is 5.54 Å². The second-order valence-electron chi connectivity index (χ2n) is 6.19. The fourth-order valence-electron chi connectivity index (χ4n) is 1.81. The highest BCUT2D eigenvalue weighted by atomic mass is 16.5. The van der Waals surface area contributed by atoms with E-state index >= 15 is 0 Å². The molecule has 1 rings (SSSR count). The molecule has 0 unspecified atom stereocenters. The highest BCUT2D eigenvalue weighted by Crippen LogP contribution is 2.24. The van der Waals surface area contributed by atoms with Gasteiger partial charge in [0.2, 0.25) is 0 Å². The van der Waals surface area contributed by atoms with Crippen molar-refractivity contribution < 1.29 is 4.74 Å². The van der Waals surface area contributed by atoms with Crippen molar-refractivity contribution in [2.45, 2.75) is 59.4 Å². The lowest BCUT2D eigenvalue weighted by molar-refractivity contribution is 0.279. The lowest BCUT2D eigenvalue weighted by atomic mass is 10.0. The molecular formula is C17H29NO. The monoisotopic (exact) mass is 263 g/mol. The minimum absolute atomic E-state index is 0.193. The number of nitrogens with one attached hydrogen (secondary N) is 1. The summed E-state index contributed by atoms with van der Waals surface area (Å²) in [6.45, 7) is 14.7. The third kappa shape index (κ3) is 5.23. The maximum atomic E-state index is 5.91. The molecule has 0 heterocycles. The Morgan fingerprint density at radius 2 is 1.95 bits per heavy atom. The van der Waals surface area contributed by atoms with Crippen LogP contribution in [0, 0.1) is 6.92 Å². The molecule has 0 aliphatic rings. The smallest absolute Gasteiger partial charge is 0.122 e. The Morgan fingerprint density at radius 3 is 2.53 bits per heavy atom. The Labute approximate surface area is 118 Å². The van der Waals surface area contributed by atoms with Gasteiger partial charge in [-0.2, -0.15) is 0 Å². The van der Waals surface area contributed by atoms with Crippen molar-refractivity contribution in [3.05, 3.63) is 29.3 Å². The number of rotatable bonds is 7. The number of hydrogen-bond acceptors (Lipinski definition) is 2. The SMILES string of the molecule is CCC(C)(C)NCCOc1cc(C(C)C)ccc1C. The van der Waals surface area contributed by atoms with E-state index in [9.17, 15) is 0 Å². The molecule has 0 bridgehead atoms. The minimum atomic E-state index is 0.193. The van der Waals surface area contributed by atoms with E-state index in [1.54, 1.807) is 0 Å². The van der Waals surface area contributed by atoms with E-state index in [4.69, 9.17) is 4.74 Å². The van der Waals surface area contributed by atoms with Gasteiger partial charge in [-0.05, 0) is 50.3 Å². The van der Waals surface area contributed by atoms with Crippen LogP contribution in [0.3, 0.4) is 0 Å². The first-order valence-electron chi connectivity index (χ1n) is 7.34. The summed E-state index contributed by atoms with van der Waals surface area (Å²) in [4.78, 5) is 0. The number of aryl methyl sites for hydroxylation is 1. The maximum absolute atomic E-state index is 5.91. The Hall–Kier alpha value is -1.02. The van der Waals surface area contributed by atoms with Gasteiger partial charge in [-0.3, -0.25) is 0 Å². The van der Waals surface area contributed by atoms with E-state index in [1.807, 2.05) is 0 Å². The van der Waals surface area contributed by atoms with Gasteiger partial charge in [-0.25, -0.2) is 0 Å². The predicted molar refractivity (Wildman–Crippen MR) is 83.1 cm³/mol. The second-order valence-corrected chi connectivity index (χ2v) is 6.19. The molecule has 0 aliphatic carbocycles. The summed E-state index contributed by atoms with van der Waals surface area (Å²) in [7, 11) is 0. The van der Waals surface area contributed by atoms with Gasteiger partial charge in [0.1, 0.15) is 12.4 Å². The van der Waals surface area contributed by atoms with Gasteiger partial charge in [-0.15, -0.1) is 0 Å². The summed E-state index contributed by atoms with van der Waals surface area (Å²) in [5.74, 6) is 1.56. The van der Waals surface area contributed by atoms with Crippen LogP contribution < -0.4 is 10.1 Å². The molecule has 2 nitrogen and oxygen atoms in total. The molecule has 0 spiro atoms. The van der Waals surface area contributed by atoms with Crippen LogP contribution in [-0.4, -0.2) is 18.7 Å². The van der Waals surface area contributed by atoms with Crippen LogP contribution in [0.2, 0.25) is 0 Å². The normalized spacial score (nSPS) is 11.9. The maximum Gasteiger partial charge on any atom is 0.122 e. The molecule has 0 atom stereocenters. The second kappa shape index (κ2) is 6.95. The van der Waals surface area contributed by atoms with Crippen LogP contribution in [-0.2, 0) is 0 Å². The minimum Gasteiger partial charge on any atom is -0.492 e. The zero-order chi connectivity index (χ0) is 14.5. The Bertz CT molecular complexity index is 396. The van der Waals surface area contributed by atoms with E-state index in [0.717, 1.165) is 18.7 Å². The summed E-state index contributed by atoms with van der Waals surface area (Å²) in [6, 6.07) is 6.50. The van der Waals surface area contributed by atoms with Crippen LogP contribution >= 0.6 is 0 Å². The molecule has 2 heteroatoms. The predicted octanol–water partition coefficient (Wildman–Crippen LogP) is 4.28. The van der Waals surface area contributed by atoms with Gasteiger partial charge in [0.05, 0.1) is 0 Å². The zero-order valence-electron chi connectivity index (χ0n) is 13.3. The summed E-state index contributed by atoms with van der Waals surface area (Å²) in [5, 5.41) is 3.51. The van der Waals surface area contributed by atoms with Crippen molar-refractivity contribution in [1.29, 1.82) is 0 Å². The van der Waals surface area contributed by atoms with Crippen LogP contribution in [0.5, 0.6) is 5.75 Å².